The molecule has 1 N–H and O–H groups in total. The summed E-state index contributed by atoms with van der Waals surface area (Å²) in [4.78, 5) is 12.0. The number of halogens is 5. The molecule has 128 valence electrons. The fourth-order valence-corrected chi connectivity index (χ4v) is 2.08. The van der Waals surface area contributed by atoms with Crippen LogP contribution in [0, 0.1) is 5.82 Å². The first-order valence-electron chi connectivity index (χ1n) is 6.76. The number of carbonyl (C=O) groups is 1. The van der Waals surface area contributed by atoms with Crippen LogP contribution in [0.3, 0.4) is 0 Å². The molecule has 0 bridgehead atoms. The third kappa shape index (κ3) is 5.73. The lowest BCUT2D eigenvalue weighted by Gasteiger charge is -2.14. The zero-order chi connectivity index (χ0) is 17.7. The van der Waals surface area contributed by atoms with Crippen LogP contribution in [0.2, 0.25) is 5.02 Å². The Kier molecular flexibility index (Phi) is 5.66. The van der Waals surface area contributed by atoms with Gasteiger partial charge in [-0.05, 0) is 35.9 Å². The number of nitrogens with one attached hydrogen (secondary N) is 1. The molecule has 0 aliphatic rings. The van der Waals surface area contributed by atoms with Crippen LogP contribution in [0.4, 0.5) is 23.2 Å². The highest BCUT2D eigenvalue weighted by molar-refractivity contribution is 6.31. The smallest absolute Gasteiger partial charge is 0.422 e. The van der Waals surface area contributed by atoms with E-state index in [9.17, 15) is 22.4 Å². The van der Waals surface area contributed by atoms with Gasteiger partial charge in [0.1, 0.15) is 11.6 Å². The molecule has 0 spiro atoms. The van der Waals surface area contributed by atoms with Crippen LogP contribution in [0.15, 0.2) is 42.5 Å². The van der Waals surface area contributed by atoms with E-state index >= 15 is 0 Å². The number of anilines is 1. The van der Waals surface area contributed by atoms with E-state index in [1.807, 2.05) is 0 Å². The lowest BCUT2D eigenvalue weighted by atomic mass is 10.1. The number of alkyl halides is 3. The Hall–Kier alpha value is -2.28. The summed E-state index contributed by atoms with van der Waals surface area (Å²) in [5, 5.41) is 2.64. The predicted octanol–water partition coefficient (Wildman–Crippen LogP) is 4.60. The number of ether oxygens (including phenoxy) is 1. The van der Waals surface area contributed by atoms with Crippen LogP contribution in [0.25, 0.3) is 0 Å². The van der Waals surface area contributed by atoms with Crippen molar-refractivity contribution in [3.8, 4) is 5.75 Å². The first-order valence-corrected chi connectivity index (χ1v) is 7.14. The van der Waals surface area contributed by atoms with E-state index < -0.39 is 24.5 Å². The molecular weight excluding hydrogens is 350 g/mol. The highest BCUT2D eigenvalue weighted by Crippen LogP contribution is 2.29. The minimum atomic E-state index is -4.51. The van der Waals surface area contributed by atoms with Gasteiger partial charge in [-0.15, -0.1) is 0 Å². The van der Waals surface area contributed by atoms with Crippen LogP contribution in [-0.4, -0.2) is 18.7 Å². The zero-order valence-electron chi connectivity index (χ0n) is 12.2. The Morgan fingerprint density at radius 3 is 2.58 bits per heavy atom. The molecule has 0 saturated heterocycles. The summed E-state index contributed by atoms with van der Waals surface area (Å²) in [7, 11) is 0. The number of amides is 1. The van der Waals surface area contributed by atoms with E-state index in [1.165, 1.54) is 36.4 Å². The number of hydrogen-bond acceptors (Lipinski definition) is 2. The quantitative estimate of drug-likeness (QED) is 0.790. The maximum Gasteiger partial charge on any atom is 0.422 e. The lowest BCUT2D eigenvalue weighted by Crippen LogP contribution is -2.20. The van der Waals surface area contributed by atoms with Gasteiger partial charge in [-0.25, -0.2) is 4.39 Å². The third-order valence-corrected chi connectivity index (χ3v) is 3.10. The van der Waals surface area contributed by atoms with Crippen molar-refractivity contribution in [2.75, 3.05) is 11.9 Å². The third-order valence-electron chi connectivity index (χ3n) is 2.86. The molecule has 0 radical (unpaired) electrons. The molecule has 0 aliphatic carbocycles. The Morgan fingerprint density at radius 2 is 1.92 bits per heavy atom. The summed E-state index contributed by atoms with van der Waals surface area (Å²) < 4.78 is 54.6. The Balaban J connectivity index is 2.10. The molecule has 2 rings (SSSR count). The molecule has 0 fully saturated rings. The van der Waals surface area contributed by atoms with E-state index in [-0.39, 0.29) is 22.9 Å². The fraction of sp³-hybridized carbons (Fsp3) is 0.188. The first-order chi connectivity index (χ1) is 11.2. The molecule has 2 aromatic rings. The van der Waals surface area contributed by atoms with Crippen molar-refractivity contribution in [1.29, 1.82) is 0 Å². The summed E-state index contributed by atoms with van der Waals surface area (Å²) in [6, 6.07) is 9.29. The molecule has 1 amide bonds. The monoisotopic (exact) mass is 361 g/mol. The van der Waals surface area contributed by atoms with Crippen molar-refractivity contribution in [3.63, 3.8) is 0 Å². The second kappa shape index (κ2) is 7.53. The van der Waals surface area contributed by atoms with Crippen LogP contribution >= 0.6 is 11.6 Å². The average Bonchev–Trinajstić information content (AvgIpc) is 2.45. The van der Waals surface area contributed by atoms with E-state index in [2.05, 4.69) is 10.1 Å². The topological polar surface area (TPSA) is 38.3 Å². The van der Waals surface area contributed by atoms with Gasteiger partial charge in [0.25, 0.3) is 0 Å². The van der Waals surface area contributed by atoms with Gasteiger partial charge < -0.3 is 10.1 Å². The number of carbonyl (C=O) groups excluding carboxylic acids is 1. The molecule has 2 aromatic carbocycles. The molecule has 3 nitrogen and oxygen atoms in total. The van der Waals surface area contributed by atoms with E-state index in [0.717, 1.165) is 0 Å². The molecule has 0 unspecified atom stereocenters. The van der Waals surface area contributed by atoms with Crippen molar-refractivity contribution < 1.29 is 27.1 Å². The fourth-order valence-electron chi connectivity index (χ4n) is 1.91. The van der Waals surface area contributed by atoms with Gasteiger partial charge in [0.05, 0.1) is 12.1 Å². The van der Waals surface area contributed by atoms with Gasteiger partial charge >= 0.3 is 6.18 Å². The summed E-state index contributed by atoms with van der Waals surface area (Å²) in [6.45, 7) is -1.50. The second-order valence-corrected chi connectivity index (χ2v) is 5.34. The molecule has 0 saturated carbocycles. The zero-order valence-corrected chi connectivity index (χ0v) is 12.9. The summed E-state index contributed by atoms with van der Waals surface area (Å²) in [5.74, 6) is -1.19. The van der Waals surface area contributed by atoms with Gasteiger partial charge in [-0.3, -0.25) is 4.79 Å². The van der Waals surface area contributed by atoms with Crippen LogP contribution in [-0.2, 0) is 11.2 Å². The summed E-state index contributed by atoms with van der Waals surface area (Å²) in [5.41, 5.74) is 0.431. The summed E-state index contributed by atoms with van der Waals surface area (Å²) >= 11 is 5.79. The standard InChI is InChI=1S/C16H12ClF4NO2/c17-11-4-5-14(24-9-16(19,20)21)13(8-11)22-15(23)7-10-2-1-3-12(18)6-10/h1-6,8H,7,9H2,(H,22,23). The minimum Gasteiger partial charge on any atom is -0.482 e. The minimum absolute atomic E-state index is 0.00755. The van der Waals surface area contributed by atoms with Gasteiger partial charge in [0, 0.05) is 5.02 Å². The van der Waals surface area contributed by atoms with Crippen molar-refractivity contribution in [2.24, 2.45) is 0 Å². The molecule has 0 aliphatic heterocycles. The van der Waals surface area contributed by atoms with Crippen molar-refractivity contribution in [3.05, 3.63) is 58.9 Å². The van der Waals surface area contributed by atoms with E-state index in [1.54, 1.807) is 6.07 Å². The molecular formula is C16H12ClF4NO2. The number of benzene rings is 2. The van der Waals surface area contributed by atoms with Gasteiger partial charge in [-0.2, -0.15) is 13.2 Å². The van der Waals surface area contributed by atoms with Crippen molar-refractivity contribution >= 4 is 23.2 Å². The second-order valence-electron chi connectivity index (χ2n) is 4.90. The van der Waals surface area contributed by atoms with Gasteiger partial charge in [-0.1, -0.05) is 23.7 Å². The van der Waals surface area contributed by atoms with Crippen molar-refractivity contribution in [2.45, 2.75) is 12.6 Å². The molecule has 0 heterocycles. The van der Waals surface area contributed by atoms with Crippen molar-refractivity contribution in [1.82, 2.24) is 0 Å². The maximum absolute atomic E-state index is 13.1. The number of rotatable bonds is 5. The Bertz CT molecular complexity index is 734. The highest BCUT2D eigenvalue weighted by Gasteiger charge is 2.29. The normalized spacial score (nSPS) is 11.2. The lowest BCUT2D eigenvalue weighted by molar-refractivity contribution is -0.153. The largest absolute Gasteiger partial charge is 0.482 e. The number of hydrogen-bond donors (Lipinski definition) is 1. The van der Waals surface area contributed by atoms with Crippen LogP contribution < -0.4 is 10.1 Å². The molecule has 8 heteroatoms. The van der Waals surface area contributed by atoms with E-state index in [4.69, 9.17) is 11.6 Å². The first kappa shape index (κ1) is 18.1. The molecule has 0 aromatic heterocycles. The van der Waals surface area contributed by atoms with E-state index in [0.29, 0.717) is 5.56 Å². The Labute approximate surface area is 140 Å². The van der Waals surface area contributed by atoms with Crippen LogP contribution in [0.5, 0.6) is 5.75 Å². The SMILES string of the molecule is O=C(Cc1cccc(F)c1)Nc1cc(Cl)ccc1OCC(F)(F)F. The van der Waals surface area contributed by atoms with Crippen LogP contribution in [0.1, 0.15) is 5.56 Å². The van der Waals surface area contributed by atoms with Gasteiger partial charge in [0.15, 0.2) is 6.61 Å². The highest BCUT2D eigenvalue weighted by atomic mass is 35.5. The predicted molar refractivity (Wildman–Crippen MR) is 81.7 cm³/mol. The molecule has 0 atom stereocenters. The average molecular weight is 362 g/mol. The maximum atomic E-state index is 13.1. The Morgan fingerprint density at radius 1 is 1.17 bits per heavy atom. The van der Waals surface area contributed by atoms with Gasteiger partial charge in [0.2, 0.25) is 5.91 Å². The molecule has 24 heavy (non-hydrogen) atoms. The summed E-state index contributed by atoms with van der Waals surface area (Å²) in [6.07, 6.45) is -4.66.